The molecule has 0 aliphatic carbocycles. The predicted molar refractivity (Wildman–Crippen MR) is 76.4 cm³/mol. The Labute approximate surface area is 117 Å². The number of nitrogens with zero attached hydrogens (tertiary/aromatic N) is 3. The van der Waals surface area contributed by atoms with Crippen LogP contribution in [0.1, 0.15) is 12.5 Å². The van der Waals surface area contributed by atoms with Crippen molar-refractivity contribution in [2.24, 2.45) is 0 Å². The van der Waals surface area contributed by atoms with Crippen molar-refractivity contribution in [1.29, 1.82) is 5.26 Å². The van der Waals surface area contributed by atoms with Gasteiger partial charge in [0.25, 0.3) is 0 Å². The standard InChI is InChI=1S/C15H15N3O2/c1-3-20-14(19)10-18(2)15-12(9-16)8-11-6-4-5-7-13(11)17-15/h4-8H,3,10H2,1-2H3. The summed E-state index contributed by atoms with van der Waals surface area (Å²) in [7, 11) is 1.72. The number of ether oxygens (including phenoxy) is 1. The number of nitriles is 1. The van der Waals surface area contributed by atoms with Crippen LogP contribution in [0.15, 0.2) is 30.3 Å². The first kappa shape index (κ1) is 13.8. The van der Waals surface area contributed by atoms with E-state index in [1.807, 2.05) is 24.3 Å². The first-order valence-corrected chi connectivity index (χ1v) is 6.32. The van der Waals surface area contributed by atoms with Gasteiger partial charge in [-0.25, -0.2) is 4.98 Å². The average molecular weight is 269 g/mol. The number of carbonyl (C=O) groups excluding carboxylic acids is 1. The maximum absolute atomic E-state index is 11.5. The van der Waals surface area contributed by atoms with Crippen molar-refractivity contribution in [2.75, 3.05) is 25.1 Å². The summed E-state index contributed by atoms with van der Waals surface area (Å²) in [5, 5.41) is 10.1. The second-order valence-corrected chi connectivity index (χ2v) is 4.33. The van der Waals surface area contributed by atoms with Gasteiger partial charge in [-0.3, -0.25) is 4.79 Å². The Morgan fingerprint density at radius 1 is 1.45 bits per heavy atom. The first-order valence-electron chi connectivity index (χ1n) is 6.32. The fraction of sp³-hybridized carbons (Fsp3) is 0.267. The molecule has 0 atom stereocenters. The maximum Gasteiger partial charge on any atom is 0.325 e. The van der Waals surface area contributed by atoms with E-state index in [4.69, 9.17) is 4.74 Å². The van der Waals surface area contributed by atoms with Crippen LogP contribution in [-0.4, -0.2) is 31.2 Å². The highest BCUT2D eigenvalue weighted by Crippen LogP contribution is 2.22. The molecule has 0 bridgehead atoms. The minimum absolute atomic E-state index is 0.0634. The number of carbonyl (C=O) groups is 1. The lowest BCUT2D eigenvalue weighted by Crippen LogP contribution is -2.28. The molecule has 102 valence electrons. The number of esters is 1. The Morgan fingerprint density at radius 3 is 2.90 bits per heavy atom. The number of hydrogen-bond donors (Lipinski definition) is 0. The summed E-state index contributed by atoms with van der Waals surface area (Å²) in [6.45, 7) is 2.16. The van der Waals surface area contributed by atoms with Crippen molar-refractivity contribution in [3.05, 3.63) is 35.9 Å². The zero-order valence-corrected chi connectivity index (χ0v) is 11.5. The summed E-state index contributed by atoms with van der Waals surface area (Å²) in [6.07, 6.45) is 0. The molecule has 20 heavy (non-hydrogen) atoms. The molecule has 5 heteroatoms. The Morgan fingerprint density at radius 2 is 2.20 bits per heavy atom. The van der Waals surface area contributed by atoms with Crippen LogP contribution in [0, 0.1) is 11.3 Å². The molecule has 2 rings (SSSR count). The van der Waals surface area contributed by atoms with Gasteiger partial charge < -0.3 is 9.64 Å². The zero-order chi connectivity index (χ0) is 14.5. The minimum Gasteiger partial charge on any atom is -0.465 e. The number of anilines is 1. The van der Waals surface area contributed by atoms with Crippen LogP contribution in [0.25, 0.3) is 10.9 Å². The van der Waals surface area contributed by atoms with E-state index < -0.39 is 0 Å². The molecule has 1 heterocycles. The molecule has 0 unspecified atom stereocenters. The van der Waals surface area contributed by atoms with Crippen molar-refractivity contribution in [1.82, 2.24) is 4.98 Å². The van der Waals surface area contributed by atoms with Crippen LogP contribution in [0.5, 0.6) is 0 Å². The highest BCUT2D eigenvalue weighted by Gasteiger charge is 2.14. The van der Waals surface area contributed by atoms with Gasteiger partial charge in [0, 0.05) is 12.4 Å². The number of rotatable bonds is 4. The molecule has 0 aliphatic rings. The molecule has 1 aromatic carbocycles. The topological polar surface area (TPSA) is 66.2 Å². The van der Waals surface area contributed by atoms with Crippen LogP contribution in [0.2, 0.25) is 0 Å². The lowest BCUT2D eigenvalue weighted by Gasteiger charge is -2.18. The SMILES string of the molecule is CCOC(=O)CN(C)c1nc2ccccc2cc1C#N. The normalized spacial score (nSPS) is 10.1. The summed E-state index contributed by atoms with van der Waals surface area (Å²) < 4.78 is 4.90. The van der Waals surface area contributed by atoms with Crippen molar-refractivity contribution < 1.29 is 9.53 Å². The van der Waals surface area contributed by atoms with Gasteiger partial charge in [-0.05, 0) is 19.1 Å². The highest BCUT2D eigenvalue weighted by atomic mass is 16.5. The molecular weight excluding hydrogens is 254 g/mol. The van der Waals surface area contributed by atoms with Gasteiger partial charge >= 0.3 is 5.97 Å². The van der Waals surface area contributed by atoms with Crippen molar-refractivity contribution in [3.63, 3.8) is 0 Å². The molecule has 0 fully saturated rings. The number of hydrogen-bond acceptors (Lipinski definition) is 5. The van der Waals surface area contributed by atoms with E-state index in [1.54, 1.807) is 24.9 Å². The van der Waals surface area contributed by atoms with Crippen molar-refractivity contribution in [3.8, 4) is 6.07 Å². The molecule has 0 radical (unpaired) electrons. The number of pyridine rings is 1. The van der Waals surface area contributed by atoms with E-state index in [-0.39, 0.29) is 12.5 Å². The molecule has 0 spiro atoms. The van der Waals surface area contributed by atoms with Gasteiger partial charge in [0.15, 0.2) is 0 Å². The van der Waals surface area contributed by atoms with E-state index >= 15 is 0 Å². The third-order valence-corrected chi connectivity index (χ3v) is 2.86. The fourth-order valence-electron chi connectivity index (χ4n) is 1.95. The number of likely N-dealkylation sites (N-methyl/N-ethyl adjacent to an activating group) is 1. The molecule has 1 aromatic heterocycles. The monoisotopic (exact) mass is 269 g/mol. The number of aromatic nitrogens is 1. The van der Waals surface area contributed by atoms with Crippen LogP contribution >= 0.6 is 0 Å². The largest absolute Gasteiger partial charge is 0.465 e. The van der Waals surface area contributed by atoms with Gasteiger partial charge in [-0.2, -0.15) is 5.26 Å². The Hall–Kier alpha value is -2.61. The van der Waals surface area contributed by atoms with E-state index in [9.17, 15) is 10.1 Å². The van der Waals surface area contributed by atoms with Crippen molar-refractivity contribution in [2.45, 2.75) is 6.92 Å². The lowest BCUT2D eigenvalue weighted by atomic mass is 10.1. The number of benzene rings is 1. The molecule has 0 saturated heterocycles. The van der Waals surface area contributed by atoms with Crippen molar-refractivity contribution >= 4 is 22.7 Å². The summed E-state index contributed by atoms with van der Waals surface area (Å²) in [5.41, 5.74) is 1.23. The molecular formula is C15H15N3O2. The summed E-state index contributed by atoms with van der Waals surface area (Å²) in [5.74, 6) is 0.146. The van der Waals surface area contributed by atoms with Crippen LogP contribution in [0.3, 0.4) is 0 Å². The van der Waals surface area contributed by atoms with E-state index in [2.05, 4.69) is 11.1 Å². The van der Waals surface area contributed by atoms with E-state index in [0.29, 0.717) is 18.0 Å². The number of para-hydroxylation sites is 1. The molecule has 0 aliphatic heterocycles. The zero-order valence-electron chi connectivity index (χ0n) is 11.5. The third-order valence-electron chi connectivity index (χ3n) is 2.86. The Bertz CT molecular complexity index is 676. The highest BCUT2D eigenvalue weighted by molar-refractivity contribution is 5.84. The second kappa shape index (κ2) is 6.02. The van der Waals surface area contributed by atoms with Gasteiger partial charge in [0.2, 0.25) is 0 Å². The van der Waals surface area contributed by atoms with Crippen LogP contribution in [-0.2, 0) is 9.53 Å². The maximum atomic E-state index is 11.5. The number of fused-ring (bicyclic) bond motifs is 1. The quantitative estimate of drug-likeness (QED) is 0.795. The molecule has 5 nitrogen and oxygen atoms in total. The minimum atomic E-state index is -0.339. The Balaban J connectivity index is 2.37. The summed E-state index contributed by atoms with van der Waals surface area (Å²) >= 11 is 0. The average Bonchev–Trinajstić information content (AvgIpc) is 2.45. The van der Waals surface area contributed by atoms with Gasteiger partial charge in [-0.15, -0.1) is 0 Å². The first-order chi connectivity index (χ1) is 9.65. The van der Waals surface area contributed by atoms with Gasteiger partial charge in [0.05, 0.1) is 17.7 Å². The van der Waals surface area contributed by atoms with Gasteiger partial charge in [0.1, 0.15) is 18.4 Å². The van der Waals surface area contributed by atoms with Crippen LogP contribution < -0.4 is 4.90 Å². The molecule has 0 N–H and O–H groups in total. The van der Waals surface area contributed by atoms with Crippen LogP contribution in [0.4, 0.5) is 5.82 Å². The molecule has 0 saturated carbocycles. The summed E-state index contributed by atoms with van der Waals surface area (Å²) in [6, 6.07) is 11.5. The smallest absolute Gasteiger partial charge is 0.325 e. The fourth-order valence-corrected chi connectivity index (χ4v) is 1.95. The lowest BCUT2D eigenvalue weighted by molar-refractivity contribution is -0.141. The second-order valence-electron chi connectivity index (χ2n) is 4.33. The summed E-state index contributed by atoms with van der Waals surface area (Å²) in [4.78, 5) is 17.6. The van der Waals surface area contributed by atoms with E-state index in [1.165, 1.54) is 0 Å². The molecule has 0 amide bonds. The predicted octanol–water partition coefficient (Wildman–Crippen LogP) is 2.11. The van der Waals surface area contributed by atoms with Gasteiger partial charge in [-0.1, -0.05) is 18.2 Å². The molecule has 2 aromatic rings. The third kappa shape index (κ3) is 2.86. The Kier molecular flexibility index (Phi) is 4.16. The van der Waals surface area contributed by atoms with E-state index in [0.717, 1.165) is 10.9 Å².